The lowest BCUT2D eigenvalue weighted by molar-refractivity contribution is 0.197. The zero-order valence-electron chi connectivity index (χ0n) is 11.5. The first-order valence-electron chi connectivity index (χ1n) is 7.16. The van der Waals surface area contributed by atoms with Crippen LogP contribution in [-0.2, 0) is 6.54 Å². The molecule has 0 saturated carbocycles. The van der Waals surface area contributed by atoms with Crippen LogP contribution in [0.4, 0.5) is 0 Å². The van der Waals surface area contributed by atoms with Crippen LogP contribution in [0.1, 0.15) is 46.4 Å². The normalized spacial score (nSPS) is 21.4. The molecule has 0 amide bonds. The highest BCUT2D eigenvalue weighted by Gasteiger charge is 2.23. The van der Waals surface area contributed by atoms with Gasteiger partial charge in [0.15, 0.2) is 0 Å². The van der Waals surface area contributed by atoms with E-state index in [0.717, 1.165) is 6.54 Å². The Hall–Kier alpha value is -0.640. The zero-order chi connectivity index (χ0) is 13.1. The second-order valence-corrected chi connectivity index (χ2v) is 7.72. The van der Waals surface area contributed by atoms with E-state index in [0.29, 0.717) is 6.04 Å². The van der Waals surface area contributed by atoms with Crippen molar-refractivity contribution in [3.8, 4) is 0 Å². The number of hydrogen-bond acceptors (Lipinski definition) is 3. The molecule has 3 heteroatoms. The van der Waals surface area contributed by atoms with Gasteiger partial charge in [0, 0.05) is 27.2 Å². The highest BCUT2D eigenvalue weighted by Crippen LogP contribution is 2.34. The molecular formula is C16H21NS2. The van der Waals surface area contributed by atoms with Gasteiger partial charge in [-0.2, -0.15) is 0 Å². The first-order valence-corrected chi connectivity index (χ1v) is 8.85. The van der Waals surface area contributed by atoms with E-state index >= 15 is 0 Å². The molecule has 0 radical (unpaired) electrons. The molecule has 2 aromatic rings. The van der Waals surface area contributed by atoms with Gasteiger partial charge in [-0.25, -0.2) is 0 Å². The summed E-state index contributed by atoms with van der Waals surface area (Å²) in [6, 6.07) is 9.70. The van der Waals surface area contributed by atoms with Crippen LogP contribution < -0.4 is 0 Å². The van der Waals surface area contributed by atoms with Gasteiger partial charge >= 0.3 is 0 Å². The van der Waals surface area contributed by atoms with E-state index in [1.807, 2.05) is 22.7 Å². The van der Waals surface area contributed by atoms with Gasteiger partial charge < -0.3 is 0 Å². The minimum atomic E-state index is 0.643. The van der Waals surface area contributed by atoms with Crippen LogP contribution in [0.15, 0.2) is 29.6 Å². The fraction of sp³-hybridized carbons (Fsp3) is 0.500. The highest BCUT2D eigenvalue weighted by molar-refractivity contribution is 7.11. The maximum absolute atomic E-state index is 2.70. The molecule has 1 saturated heterocycles. The van der Waals surface area contributed by atoms with Crippen LogP contribution in [0.25, 0.3) is 0 Å². The third-order valence-corrected chi connectivity index (χ3v) is 5.85. The Morgan fingerprint density at radius 1 is 1.21 bits per heavy atom. The van der Waals surface area contributed by atoms with Gasteiger partial charge in [-0.1, -0.05) is 18.9 Å². The summed E-state index contributed by atoms with van der Waals surface area (Å²) < 4.78 is 0. The smallest absolute Gasteiger partial charge is 0.0445 e. The van der Waals surface area contributed by atoms with E-state index < -0.39 is 0 Å². The van der Waals surface area contributed by atoms with Crippen LogP contribution in [0, 0.1) is 6.92 Å². The Bertz CT molecular complexity index is 501. The van der Waals surface area contributed by atoms with Crippen molar-refractivity contribution < 1.29 is 0 Å². The number of thiophene rings is 2. The van der Waals surface area contributed by atoms with Crippen molar-refractivity contribution in [2.24, 2.45) is 0 Å². The van der Waals surface area contributed by atoms with Crippen molar-refractivity contribution in [1.82, 2.24) is 4.90 Å². The van der Waals surface area contributed by atoms with E-state index in [1.54, 1.807) is 4.88 Å². The molecule has 1 aliphatic rings. The number of hydrogen-bond donors (Lipinski definition) is 0. The van der Waals surface area contributed by atoms with Gasteiger partial charge in [-0.15, -0.1) is 22.7 Å². The van der Waals surface area contributed by atoms with Gasteiger partial charge in [-0.3, -0.25) is 4.90 Å². The van der Waals surface area contributed by atoms with Crippen molar-refractivity contribution in [1.29, 1.82) is 0 Å². The Morgan fingerprint density at radius 3 is 2.89 bits per heavy atom. The predicted octanol–water partition coefficient (Wildman–Crippen LogP) is 5.24. The fourth-order valence-corrected chi connectivity index (χ4v) is 4.74. The Labute approximate surface area is 123 Å². The molecule has 0 spiro atoms. The predicted molar refractivity (Wildman–Crippen MR) is 85.0 cm³/mol. The van der Waals surface area contributed by atoms with Gasteiger partial charge in [0.2, 0.25) is 0 Å². The summed E-state index contributed by atoms with van der Waals surface area (Å²) >= 11 is 3.87. The fourth-order valence-electron chi connectivity index (χ4n) is 2.93. The molecule has 2 aromatic heterocycles. The maximum Gasteiger partial charge on any atom is 0.0445 e. The Morgan fingerprint density at radius 2 is 2.16 bits per heavy atom. The maximum atomic E-state index is 2.70. The second kappa shape index (κ2) is 6.21. The average Bonchev–Trinajstić information content (AvgIpc) is 3.00. The van der Waals surface area contributed by atoms with Gasteiger partial charge in [0.05, 0.1) is 0 Å². The first-order chi connectivity index (χ1) is 9.33. The molecule has 0 aliphatic carbocycles. The quantitative estimate of drug-likeness (QED) is 0.748. The number of rotatable bonds is 3. The molecule has 0 N–H and O–H groups in total. The molecule has 1 aliphatic heterocycles. The monoisotopic (exact) mass is 291 g/mol. The summed E-state index contributed by atoms with van der Waals surface area (Å²) in [6.07, 6.45) is 5.45. The SMILES string of the molecule is Cc1ccc(CN2CCCCC[C@@H]2c2cccs2)s1. The summed E-state index contributed by atoms with van der Waals surface area (Å²) in [6.45, 7) is 4.58. The summed E-state index contributed by atoms with van der Waals surface area (Å²) in [5.41, 5.74) is 0. The molecule has 102 valence electrons. The van der Waals surface area contributed by atoms with Gasteiger partial charge in [0.1, 0.15) is 0 Å². The van der Waals surface area contributed by atoms with Gasteiger partial charge in [0.25, 0.3) is 0 Å². The van der Waals surface area contributed by atoms with E-state index in [-0.39, 0.29) is 0 Å². The third kappa shape index (κ3) is 3.28. The lowest BCUT2D eigenvalue weighted by Gasteiger charge is -2.28. The standard InChI is InChI=1S/C16H21NS2/c1-13-8-9-14(19-13)12-17-10-4-2-3-6-15(17)16-7-5-11-18-16/h5,7-9,11,15H,2-4,6,10,12H2,1H3/t15-/m1/s1. The van der Waals surface area contributed by atoms with Crippen LogP contribution in [0.5, 0.6) is 0 Å². The van der Waals surface area contributed by atoms with Crippen molar-refractivity contribution in [2.75, 3.05) is 6.54 Å². The lowest BCUT2D eigenvalue weighted by atomic mass is 10.1. The molecule has 19 heavy (non-hydrogen) atoms. The van der Waals surface area contributed by atoms with E-state index in [1.165, 1.54) is 42.0 Å². The molecule has 0 aromatic carbocycles. The van der Waals surface area contributed by atoms with E-state index in [4.69, 9.17) is 0 Å². The molecule has 0 unspecified atom stereocenters. The Kier molecular flexibility index (Phi) is 4.36. The molecule has 1 atom stereocenters. The third-order valence-electron chi connectivity index (χ3n) is 3.89. The van der Waals surface area contributed by atoms with Crippen LogP contribution >= 0.6 is 22.7 Å². The van der Waals surface area contributed by atoms with Crippen LogP contribution in [-0.4, -0.2) is 11.4 Å². The minimum Gasteiger partial charge on any atom is -0.290 e. The van der Waals surface area contributed by atoms with E-state index in [2.05, 4.69) is 41.5 Å². The van der Waals surface area contributed by atoms with Crippen LogP contribution in [0.2, 0.25) is 0 Å². The minimum absolute atomic E-state index is 0.643. The number of likely N-dealkylation sites (tertiary alicyclic amines) is 1. The first kappa shape index (κ1) is 13.3. The molecule has 0 bridgehead atoms. The van der Waals surface area contributed by atoms with E-state index in [9.17, 15) is 0 Å². The zero-order valence-corrected chi connectivity index (χ0v) is 13.1. The molecule has 1 fully saturated rings. The average molecular weight is 291 g/mol. The second-order valence-electron chi connectivity index (χ2n) is 5.36. The summed E-state index contributed by atoms with van der Waals surface area (Å²) in [7, 11) is 0. The van der Waals surface area contributed by atoms with Gasteiger partial charge in [-0.05, 0) is 49.9 Å². The largest absolute Gasteiger partial charge is 0.290 e. The molecular weight excluding hydrogens is 270 g/mol. The van der Waals surface area contributed by atoms with Crippen LogP contribution in [0.3, 0.4) is 0 Å². The Balaban J connectivity index is 1.78. The number of nitrogens with zero attached hydrogens (tertiary/aromatic N) is 1. The summed E-state index contributed by atoms with van der Waals surface area (Å²) in [5.74, 6) is 0. The van der Waals surface area contributed by atoms with Crippen molar-refractivity contribution in [2.45, 2.75) is 45.2 Å². The molecule has 3 rings (SSSR count). The summed E-state index contributed by atoms with van der Waals surface area (Å²) in [5, 5.41) is 2.22. The number of aryl methyl sites for hydroxylation is 1. The van der Waals surface area contributed by atoms with Crippen molar-refractivity contribution >= 4 is 22.7 Å². The summed E-state index contributed by atoms with van der Waals surface area (Å²) in [4.78, 5) is 7.19. The topological polar surface area (TPSA) is 3.24 Å². The lowest BCUT2D eigenvalue weighted by Crippen LogP contribution is -2.27. The highest BCUT2D eigenvalue weighted by atomic mass is 32.1. The van der Waals surface area contributed by atoms with Crippen molar-refractivity contribution in [3.63, 3.8) is 0 Å². The van der Waals surface area contributed by atoms with Crippen molar-refractivity contribution in [3.05, 3.63) is 44.3 Å². The molecule has 3 heterocycles. The molecule has 1 nitrogen and oxygen atoms in total.